The van der Waals surface area contributed by atoms with Gasteiger partial charge in [0.1, 0.15) is 0 Å². The number of aromatic nitrogens is 3. The molecule has 1 aromatic rings. The van der Waals surface area contributed by atoms with E-state index < -0.39 is 29.5 Å². The van der Waals surface area contributed by atoms with Gasteiger partial charge in [-0.05, 0) is 12.8 Å². The van der Waals surface area contributed by atoms with E-state index in [-0.39, 0.29) is 32.7 Å². The summed E-state index contributed by atoms with van der Waals surface area (Å²) in [6.07, 6.45) is 0.292. The number of nitrogens with zero attached hydrogens (tertiary/aromatic N) is 3. The number of carbonyl (C=O) groups is 1. The summed E-state index contributed by atoms with van der Waals surface area (Å²) >= 11 is 0. The summed E-state index contributed by atoms with van der Waals surface area (Å²) in [5, 5.41) is 17.0. The van der Waals surface area contributed by atoms with Crippen molar-refractivity contribution in [2.45, 2.75) is 45.8 Å². The minimum absolute atomic E-state index is 0.0463. The van der Waals surface area contributed by atoms with E-state index in [0.717, 1.165) is 13.7 Å². The summed E-state index contributed by atoms with van der Waals surface area (Å²) in [6, 6.07) is 0. The highest BCUT2D eigenvalue weighted by Crippen LogP contribution is 1.87. The lowest BCUT2D eigenvalue weighted by Gasteiger charge is -2.12. The Kier molecular flexibility index (Phi) is 6.73. The normalized spacial score (nSPS) is 10.8. The molecule has 0 radical (unpaired) electrons. The summed E-state index contributed by atoms with van der Waals surface area (Å²) in [5.41, 5.74) is -2.42. The Morgan fingerprint density at radius 1 is 1.00 bits per heavy atom. The predicted octanol–water partition coefficient (Wildman–Crippen LogP) is -1.06. The largest absolute Gasteiger partial charge is 0.481 e. The SMILES string of the molecule is CCCn1c(=O)n(CCCOO)c(=O)n(CCC(=O)O)c1=O. The first-order valence-corrected chi connectivity index (χ1v) is 6.86. The van der Waals surface area contributed by atoms with Crippen LogP contribution in [0.15, 0.2) is 14.4 Å². The molecule has 10 heteroatoms. The van der Waals surface area contributed by atoms with Gasteiger partial charge >= 0.3 is 23.0 Å². The molecule has 10 nitrogen and oxygen atoms in total. The van der Waals surface area contributed by atoms with Crippen LogP contribution < -0.4 is 17.1 Å². The fourth-order valence-corrected chi connectivity index (χ4v) is 1.97. The van der Waals surface area contributed by atoms with Crippen LogP contribution in [0.25, 0.3) is 0 Å². The Bertz CT molecular complexity index is 685. The quantitative estimate of drug-likeness (QED) is 0.337. The zero-order valence-electron chi connectivity index (χ0n) is 12.2. The Morgan fingerprint density at radius 2 is 1.50 bits per heavy atom. The minimum Gasteiger partial charge on any atom is -0.481 e. The van der Waals surface area contributed by atoms with Crippen molar-refractivity contribution in [1.29, 1.82) is 0 Å². The van der Waals surface area contributed by atoms with Crippen molar-refractivity contribution in [1.82, 2.24) is 13.7 Å². The molecule has 0 unspecified atom stereocenters. The van der Waals surface area contributed by atoms with Gasteiger partial charge in [-0.2, -0.15) is 0 Å². The molecule has 2 N–H and O–H groups in total. The third kappa shape index (κ3) is 4.15. The molecular formula is C12H19N3O7. The number of carboxylic acid groups (broad SMARTS) is 1. The van der Waals surface area contributed by atoms with Gasteiger partial charge < -0.3 is 5.11 Å². The van der Waals surface area contributed by atoms with Crippen molar-refractivity contribution in [2.24, 2.45) is 0 Å². The van der Waals surface area contributed by atoms with E-state index in [1.807, 2.05) is 0 Å². The van der Waals surface area contributed by atoms with Crippen LogP contribution in [0.2, 0.25) is 0 Å². The van der Waals surface area contributed by atoms with Crippen molar-refractivity contribution in [3.8, 4) is 0 Å². The van der Waals surface area contributed by atoms with Crippen LogP contribution in [0.4, 0.5) is 0 Å². The molecule has 0 bridgehead atoms. The average Bonchev–Trinajstić information content (AvgIpc) is 2.47. The van der Waals surface area contributed by atoms with Gasteiger partial charge in [-0.15, -0.1) is 0 Å². The number of aliphatic carboxylic acids is 1. The molecule has 1 heterocycles. The first-order chi connectivity index (χ1) is 10.4. The van der Waals surface area contributed by atoms with E-state index in [1.54, 1.807) is 6.92 Å². The molecule has 0 aromatic carbocycles. The van der Waals surface area contributed by atoms with E-state index in [4.69, 9.17) is 10.4 Å². The van der Waals surface area contributed by atoms with Crippen LogP contribution in [0.3, 0.4) is 0 Å². The topological polar surface area (TPSA) is 133 Å². The summed E-state index contributed by atoms with van der Waals surface area (Å²) in [6.45, 7) is 1.46. The van der Waals surface area contributed by atoms with Crippen LogP contribution in [0.1, 0.15) is 26.2 Å². The van der Waals surface area contributed by atoms with Crippen molar-refractivity contribution in [2.75, 3.05) is 6.61 Å². The Morgan fingerprint density at radius 3 is 1.95 bits per heavy atom. The fraction of sp³-hybridized carbons (Fsp3) is 0.667. The highest BCUT2D eigenvalue weighted by atomic mass is 17.1. The van der Waals surface area contributed by atoms with E-state index in [1.165, 1.54) is 0 Å². The Balaban J connectivity index is 3.36. The standard InChI is InChI=1S/C12H19N3O7/c1-2-5-13-10(18)14(6-3-8-22-21)12(20)15(11(13)19)7-4-9(16)17/h21H,2-8H2,1H3,(H,16,17). The molecule has 0 saturated carbocycles. The second kappa shape index (κ2) is 8.29. The first kappa shape index (κ1) is 17.9. The molecule has 1 aromatic heterocycles. The number of rotatable bonds is 9. The maximum absolute atomic E-state index is 12.2. The molecule has 0 spiro atoms. The molecule has 0 aliphatic rings. The average molecular weight is 317 g/mol. The zero-order chi connectivity index (χ0) is 16.7. The van der Waals surface area contributed by atoms with E-state index in [0.29, 0.717) is 6.42 Å². The number of hydrogen-bond donors (Lipinski definition) is 2. The zero-order valence-corrected chi connectivity index (χ0v) is 12.2. The monoisotopic (exact) mass is 317 g/mol. The van der Waals surface area contributed by atoms with Crippen molar-refractivity contribution in [3.63, 3.8) is 0 Å². The Hall–Kier alpha value is -2.20. The number of carboxylic acids is 1. The summed E-state index contributed by atoms with van der Waals surface area (Å²) in [5.74, 6) is -1.15. The lowest BCUT2D eigenvalue weighted by atomic mass is 10.4. The van der Waals surface area contributed by atoms with Gasteiger partial charge in [0.15, 0.2) is 0 Å². The maximum Gasteiger partial charge on any atom is 0.336 e. The maximum atomic E-state index is 12.2. The van der Waals surface area contributed by atoms with Gasteiger partial charge in [0.2, 0.25) is 0 Å². The summed E-state index contributed by atoms with van der Waals surface area (Å²) in [4.78, 5) is 51.0. The van der Waals surface area contributed by atoms with Gasteiger partial charge in [-0.25, -0.2) is 33.0 Å². The van der Waals surface area contributed by atoms with Crippen molar-refractivity contribution < 1.29 is 20.0 Å². The van der Waals surface area contributed by atoms with Gasteiger partial charge in [-0.1, -0.05) is 6.92 Å². The lowest BCUT2D eigenvalue weighted by molar-refractivity contribution is -0.243. The van der Waals surface area contributed by atoms with Crippen molar-refractivity contribution in [3.05, 3.63) is 31.5 Å². The third-order valence-electron chi connectivity index (χ3n) is 3.00. The van der Waals surface area contributed by atoms with E-state index >= 15 is 0 Å². The molecule has 0 atom stereocenters. The predicted molar refractivity (Wildman–Crippen MR) is 75.0 cm³/mol. The van der Waals surface area contributed by atoms with Crippen LogP contribution in [0, 0.1) is 0 Å². The Labute approximate surface area is 124 Å². The highest BCUT2D eigenvalue weighted by molar-refractivity contribution is 5.66. The smallest absolute Gasteiger partial charge is 0.336 e. The van der Waals surface area contributed by atoms with Gasteiger partial charge in [-0.3, -0.25) is 10.1 Å². The molecule has 124 valence electrons. The molecule has 0 aliphatic heterocycles. The van der Waals surface area contributed by atoms with Gasteiger partial charge in [0.05, 0.1) is 13.0 Å². The van der Waals surface area contributed by atoms with Crippen LogP contribution >= 0.6 is 0 Å². The second-order valence-electron chi connectivity index (χ2n) is 4.63. The molecule has 0 saturated heterocycles. The van der Waals surface area contributed by atoms with Gasteiger partial charge in [0, 0.05) is 19.6 Å². The highest BCUT2D eigenvalue weighted by Gasteiger charge is 2.15. The lowest BCUT2D eigenvalue weighted by Crippen LogP contribution is -2.54. The number of hydrogen-bond acceptors (Lipinski definition) is 6. The molecule has 1 rings (SSSR count). The molecule has 0 fully saturated rings. The van der Waals surface area contributed by atoms with Gasteiger partial charge in [0.25, 0.3) is 0 Å². The first-order valence-electron chi connectivity index (χ1n) is 6.86. The van der Waals surface area contributed by atoms with Crippen LogP contribution in [-0.2, 0) is 29.3 Å². The van der Waals surface area contributed by atoms with Crippen LogP contribution in [-0.4, -0.2) is 36.6 Å². The van der Waals surface area contributed by atoms with Crippen LogP contribution in [0.5, 0.6) is 0 Å². The third-order valence-corrected chi connectivity index (χ3v) is 3.00. The molecule has 22 heavy (non-hydrogen) atoms. The summed E-state index contributed by atoms with van der Waals surface area (Å²) < 4.78 is 2.49. The summed E-state index contributed by atoms with van der Waals surface area (Å²) in [7, 11) is 0. The second-order valence-corrected chi connectivity index (χ2v) is 4.63. The fourth-order valence-electron chi connectivity index (χ4n) is 1.97. The molecule has 0 amide bonds. The van der Waals surface area contributed by atoms with Crippen molar-refractivity contribution >= 4 is 5.97 Å². The van der Waals surface area contributed by atoms with E-state index in [9.17, 15) is 19.2 Å². The van der Waals surface area contributed by atoms with E-state index in [2.05, 4.69) is 4.89 Å². The minimum atomic E-state index is -1.15. The molecular weight excluding hydrogens is 298 g/mol. The molecule has 0 aliphatic carbocycles.